The molecular formula is C12H15BrN2O. The highest BCUT2D eigenvalue weighted by Gasteiger charge is 2.24. The van der Waals surface area contributed by atoms with E-state index in [4.69, 9.17) is 0 Å². The lowest BCUT2D eigenvalue weighted by Crippen LogP contribution is -2.51. The predicted molar refractivity (Wildman–Crippen MR) is 67.2 cm³/mol. The van der Waals surface area contributed by atoms with E-state index in [1.54, 1.807) is 0 Å². The summed E-state index contributed by atoms with van der Waals surface area (Å²) in [4.78, 5) is 11.5. The predicted octanol–water partition coefficient (Wildman–Crippen LogP) is 1.33. The van der Waals surface area contributed by atoms with Crippen LogP contribution in [0, 0.1) is 5.92 Å². The minimum absolute atomic E-state index is 0.172. The summed E-state index contributed by atoms with van der Waals surface area (Å²) in [7, 11) is 0. The van der Waals surface area contributed by atoms with E-state index >= 15 is 0 Å². The molecule has 0 spiro atoms. The number of amides is 1. The lowest BCUT2D eigenvalue weighted by Gasteiger charge is -2.25. The van der Waals surface area contributed by atoms with Crippen molar-refractivity contribution in [3.63, 3.8) is 0 Å². The second-order valence-corrected chi connectivity index (χ2v) is 4.84. The maximum atomic E-state index is 11.5. The molecular weight excluding hydrogens is 268 g/mol. The van der Waals surface area contributed by atoms with Gasteiger partial charge in [-0.3, -0.25) is 4.79 Å². The quantitative estimate of drug-likeness (QED) is 0.875. The van der Waals surface area contributed by atoms with Crippen LogP contribution in [0.25, 0.3) is 0 Å². The highest BCUT2D eigenvalue weighted by molar-refractivity contribution is 9.10. The number of hydrogen-bond acceptors (Lipinski definition) is 2. The van der Waals surface area contributed by atoms with Gasteiger partial charge in [-0.1, -0.05) is 34.1 Å². The molecule has 86 valence electrons. The molecule has 1 aromatic rings. The van der Waals surface area contributed by atoms with Crippen LogP contribution in [0.4, 0.5) is 0 Å². The van der Waals surface area contributed by atoms with Crippen LogP contribution >= 0.6 is 15.9 Å². The van der Waals surface area contributed by atoms with Crippen LogP contribution in [-0.2, 0) is 11.2 Å². The molecule has 0 saturated carbocycles. The first-order chi connectivity index (χ1) is 7.77. The summed E-state index contributed by atoms with van der Waals surface area (Å²) < 4.78 is 1.11. The molecule has 2 N–H and O–H groups in total. The third-order valence-corrected chi connectivity index (χ3v) is 3.58. The zero-order valence-corrected chi connectivity index (χ0v) is 10.6. The Morgan fingerprint density at radius 1 is 1.44 bits per heavy atom. The lowest BCUT2D eigenvalue weighted by molar-refractivity contribution is -0.126. The van der Waals surface area contributed by atoms with Gasteiger partial charge in [-0.25, -0.2) is 0 Å². The molecule has 0 unspecified atom stereocenters. The first-order valence-electron chi connectivity index (χ1n) is 5.49. The first-order valence-corrected chi connectivity index (χ1v) is 6.28. The zero-order chi connectivity index (χ0) is 11.4. The van der Waals surface area contributed by atoms with Crippen molar-refractivity contribution in [1.29, 1.82) is 0 Å². The topological polar surface area (TPSA) is 41.1 Å². The summed E-state index contributed by atoms with van der Waals surface area (Å²) in [6, 6.07) is 8.10. The van der Waals surface area contributed by atoms with Crippen molar-refractivity contribution < 1.29 is 4.79 Å². The van der Waals surface area contributed by atoms with E-state index in [2.05, 4.69) is 32.6 Å². The van der Waals surface area contributed by atoms with Gasteiger partial charge >= 0.3 is 0 Å². The van der Waals surface area contributed by atoms with Crippen molar-refractivity contribution in [1.82, 2.24) is 10.6 Å². The van der Waals surface area contributed by atoms with E-state index in [-0.39, 0.29) is 11.8 Å². The van der Waals surface area contributed by atoms with Gasteiger partial charge in [-0.2, -0.15) is 0 Å². The summed E-state index contributed by atoms with van der Waals surface area (Å²) in [5.41, 5.74) is 1.23. The molecule has 1 saturated heterocycles. The Bertz CT molecular complexity index is 377. The minimum Gasteiger partial charge on any atom is -0.355 e. The van der Waals surface area contributed by atoms with E-state index in [0.29, 0.717) is 6.54 Å². The number of benzene rings is 1. The van der Waals surface area contributed by atoms with Crippen molar-refractivity contribution in [3.8, 4) is 0 Å². The van der Waals surface area contributed by atoms with Gasteiger partial charge < -0.3 is 10.6 Å². The molecule has 1 aliphatic rings. The van der Waals surface area contributed by atoms with E-state index in [0.717, 1.165) is 24.0 Å². The largest absolute Gasteiger partial charge is 0.355 e. The third kappa shape index (κ3) is 2.83. The molecule has 0 aromatic heterocycles. The van der Waals surface area contributed by atoms with Crippen LogP contribution in [0.1, 0.15) is 5.56 Å². The fourth-order valence-electron chi connectivity index (χ4n) is 1.64. The van der Waals surface area contributed by atoms with Crippen LogP contribution in [0.3, 0.4) is 0 Å². The maximum absolute atomic E-state index is 11.5. The van der Waals surface area contributed by atoms with Gasteiger partial charge in [0.1, 0.15) is 0 Å². The van der Waals surface area contributed by atoms with Gasteiger partial charge in [-0.05, 0) is 18.1 Å². The molecule has 0 aliphatic carbocycles. The molecule has 2 rings (SSSR count). The molecule has 0 bridgehead atoms. The van der Waals surface area contributed by atoms with Crippen molar-refractivity contribution in [2.45, 2.75) is 6.42 Å². The van der Waals surface area contributed by atoms with E-state index < -0.39 is 0 Å². The van der Waals surface area contributed by atoms with Gasteiger partial charge in [-0.15, -0.1) is 0 Å². The van der Waals surface area contributed by atoms with Gasteiger partial charge in [0, 0.05) is 24.1 Å². The Morgan fingerprint density at radius 2 is 2.19 bits per heavy atom. The minimum atomic E-state index is 0.172. The Kier molecular flexibility index (Phi) is 3.96. The van der Waals surface area contributed by atoms with Gasteiger partial charge in [0.15, 0.2) is 0 Å². The van der Waals surface area contributed by atoms with Crippen LogP contribution in [0.5, 0.6) is 0 Å². The van der Waals surface area contributed by atoms with Crippen LogP contribution in [0.2, 0.25) is 0 Å². The van der Waals surface area contributed by atoms with Gasteiger partial charge in [0.2, 0.25) is 5.91 Å². The molecule has 0 atom stereocenters. The average Bonchev–Trinajstić information content (AvgIpc) is 2.18. The monoisotopic (exact) mass is 282 g/mol. The molecule has 3 nitrogen and oxygen atoms in total. The van der Waals surface area contributed by atoms with Crippen LogP contribution < -0.4 is 10.6 Å². The van der Waals surface area contributed by atoms with Crippen LogP contribution in [-0.4, -0.2) is 25.5 Å². The Labute approximate surface area is 104 Å². The molecule has 1 aromatic carbocycles. The second-order valence-electron chi connectivity index (χ2n) is 3.99. The summed E-state index contributed by atoms with van der Waals surface area (Å²) in [5, 5.41) is 6.05. The Hall–Kier alpha value is -0.870. The smallest absolute Gasteiger partial charge is 0.225 e. The SMILES string of the molecule is O=C(NCCc1ccccc1Br)C1CNC1. The third-order valence-electron chi connectivity index (χ3n) is 2.80. The number of carbonyl (C=O) groups excluding carboxylic acids is 1. The standard InChI is InChI=1S/C12H15BrN2O/c13-11-4-2-1-3-9(11)5-6-15-12(16)10-7-14-8-10/h1-4,10,14H,5-8H2,(H,15,16). The highest BCUT2D eigenvalue weighted by atomic mass is 79.9. The van der Waals surface area contributed by atoms with E-state index in [1.165, 1.54) is 5.56 Å². The number of halogens is 1. The lowest BCUT2D eigenvalue weighted by atomic mass is 10.0. The van der Waals surface area contributed by atoms with Gasteiger partial charge in [0.25, 0.3) is 0 Å². The van der Waals surface area contributed by atoms with E-state index in [1.807, 2.05) is 18.2 Å². The van der Waals surface area contributed by atoms with Crippen molar-refractivity contribution in [2.75, 3.05) is 19.6 Å². The van der Waals surface area contributed by atoms with Crippen LogP contribution in [0.15, 0.2) is 28.7 Å². The summed E-state index contributed by atoms with van der Waals surface area (Å²) in [6.45, 7) is 2.35. The Morgan fingerprint density at radius 3 is 2.81 bits per heavy atom. The molecule has 1 aliphatic heterocycles. The second kappa shape index (κ2) is 5.46. The normalized spacial score (nSPS) is 15.6. The molecule has 1 heterocycles. The number of rotatable bonds is 4. The van der Waals surface area contributed by atoms with Gasteiger partial charge in [0.05, 0.1) is 5.92 Å². The average molecular weight is 283 g/mol. The molecule has 1 amide bonds. The first kappa shape index (κ1) is 11.6. The number of nitrogens with one attached hydrogen (secondary N) is 2. The van der Waals surface area contributed by atoms with E-state index in [9.17, 15) is 4.79 Å². The fraction of sp³-hybridized carbons (Fsp3) is 0.417. The molecule has 4 heteroatoms. The molecule has 1 fully saturated rings. The number of carbonyl (C=O) groups is 1. The zero-order valence-electron chi connectivity index (χ0n) is 9.00. The molecule has 0 radical (unpaired) electrons. The molecule has 16 heavy (non-hydrogen) atoms. The number of hydrogen-bond donors (Lipinski definition) is 2. The fourth-order valence-corrected chi connectivity index (χ4v) is 2.12. The van der Waals surface area contributed by atoms with Crippen molar-refractivity contribution >= 4 is 21.8 Å². The summed E-state index contributed by atoms with van der Waals surface area (Å²) in [5.74, 6) is 0.352. The summed E-state index contributed by atoms with van der Waals surface area (Å²) >= 11 is 3.49. The van der Waals surface area contributed by atoms with Crippen molar-refractivity contribution in [2.24, 2.45) is 5.92 Å². The maximum Gasteiger partial charge on any atom is 0.225 e. The Balaban J connectivity index is 1.75. The summed E-state index contributed by atoms with van der Waals surface area (Å²) in [6.07, 6.45) is 0.868. The highest BCUT2D eigenvalue weighted by Crippen LogP contribution is 2.15. The van der Waals surface area contributed by atoms with Crippen molar-refractivity contribution in [3.05, 3.63) is 34.3 Å².